The molecule has 0 aliphatic carbocycles. The van der Waals surface area contributed by atoms with Crippen LogP contribution in [-0.2, 0) is 9.84 Å². The highest BCUT2D eigenvalue weighted by Crippen LogP contribution is 2.30. The molecule has 5 nitrogen and oxygen atoms in total. The summed E-state index contributed by atoms with van der Waals surface area (Å²) in [5.41, 5.74) is 8.27. The lowest BCUT2D eigenvalue weighted by molar-refractivity contribution is 0.102. The summed E-state index contributed by atoms with van der Waals surface area (Å²) in [6.07, 6.45) is 0. The predicted octanol–water partition coefficient (Wildman–Crippen LogP) is 5.08. The number of thiophene rings is 1. The van der Waals surface area contributed by atoms with Gasteiger partial charge in [-0.2, -0.15) is 0 Å². The van der Waals surface area contributed by atoms with Crippen LogP contribution in [0.15, 0.2) is 100 Å². The van der Waals surface area contributed by atoms with E-state index in [1.54, 1.807) is 47.7 Å². The number of nitrogens with two attached hydrogens (primary N) is 1. The molecule has 30 heavy (non-hydrogen) atoms. The summed E-state index contributed by atoms with van der Waals surface area (Å²) in [7, 11) is -3.63. The van der Waals surface area contributed by atoms with E-state index in [0.29, 0.717) is 16.9 Å². The largest absolute Gasteiger partial charge is 0.397 e. The van der Waals surface area contributed by atoms with Crippen LogP contribution in [0.5, 0.6) is 0 Å². The van der Waals surface area contributed by atoms with Crippen molar-refractivity contribution in [3.63, 3.8) is 0 Å². The molecule has 3 aromatic carbocycles. The van der Waals surface area contributed by atoms with E-state index in [1.807, 2.05) is 29.6 Å². The number of anilines is 2. The number of benzene rings is 3. The fourth-order valence-corrected chi connectivity index (χ4v) is 4.98. The van der Waals surface area contributed by atoms with Gasteiger partial charge < -0.3 is 11.1 Å². The normalized spacial score (nSPS) is 11.2. The standard InChI is InChI=1S/C23H18N2O3S2/c24-20-13-10-17(22-7-4-14-29-22)15-21(20)25-23(26)16-8-11-19(12-9-16)30(27,28)18-5-2-1-3-6-18/h1-15H,24H2,(H,25,26). The Morgan fingerprint density at radius 3 is 2.20 bits per heavy atom. The zero-order valence-electron chi connectivity index (χ0n) is 15.8. The third-order valence-corrected chi connectivity index (χ3v) is 7.29. The van der Waals surface area contributed by atoms with Gasteiger partial charge in [-0.1, -0.05) is 30.3 Å². The van der Waals surface area contributed by atoms with Crippen LogP contribution < -0.4 is 11.1 Å². The minimum atomic E-state index is -3.63. The van der Waals surface area contributed by atoms with Gasteiger partial charge in [0.2, 0.25) is 9.84 Å². The van der Waals surface area contributed by atoms with Gasteiger partial charge >= 0.3 is 0 Å². The first-order chi connectivity index (χ1) is 14.4. The second kappa shape index (κ2) is 8.14. The fourth-order valence-electron chi connectivity index (χ4n) is 2.98. The van der Waals surface area contributed by atoms with Crippen molar-refractivity contribution in [1.82, 2.24) is 0 Å². The lowest BCUT2D eigenvalue weighted by atomic mass is 10.1. The minimum Gasteiger partial charge on any atom is -0.397 e. The van der Waals surface area contributed by atoms with E-state index in [-0.39, 0.29) is 15.7 Å². The molecule has 4 rings (SSSR count). The number of hydrogen-bond donors (Lipinski definition) is 2. The summed E-state index contributed by atoms with van der Waals surface area (Å²) in [5.74, 6) is -0.367. The first kappa shape index (κ1) is 19.9. The summed E-state index contributed by atoms with van der Waals surface area (Å²) in [5, 5.41) is 4.79. The van der Waals surface area contributed by atoms with Gasteiger partial charge in [-0.3, -0.25) is 4.79 Å². The summed E-state index contributed by atoms with van der Waals surface area (Å²) in [6, 6.07) is 23.5. The first-order valence-electron chi connectivity index (χ1n) is 9.10. The molecule has 0 radical (unpaired) electrons. The Labute approximate surface area is 178 Å². The van der Waals surface area contributed by atoms with Crippen molar-refractivity contribution in [3.8, 4) is 10.4 Å². The number of sulfone groups is 1. The van der Waals surface area contributed by atoms with E-state index in [2.05, 4.69) is 5.32 Å². The summed E-state index contributed by atoms with van der Waals surface area (Å²) < 4.78 is 25.4. The van der Waals surface area contributed by atoms with Crippen LogP contribution in [0, 0.1) is 0 Å². The second-order valence-electron chi connectivity index (χ2n) is 6.57. The van der Waals surface area contributed by atoms with Gasteiger partial charge in [0.1, 0.15) is 0 Å². The van der Waals surface area contributed by atoms with Crippen molar-refractivity contribution in [1.29, 1.82) is 0 Å². The zero-order chi connectivity index (χ0) is 21.1. The topological polar surface area (TPSA) is 89.3 Å². The van der Waals surface area contributed by atoms with Crippen molar-refractivity contribution >= 4 is 38.5 Å². The van der Waals surface area contributed by atoms with Crippen molar-refractivity contribution < 1.29 is 13.2 Å². The van der Waals surface area contributed by atoms with E-state index in [9.17, 15) is 13.2 Å². The molecule has 7 heteroatoms. The molecule has 0 fully saturated rings. The summed E-state index contributed by atoms with van der Waals surface area (Å²) in [6.45, 7) is 0. The van der Waals surface area contributed by atoms with Crippen molar-refractivity contribution in [2.75, 3.05) is 11.1 Å². The summed E-state index contributed by atoms with van der Waals surface area (Å²) in [4.78, 5) is 14.1. The molecular weight excluding hydrogens is 416 g/mol. The maximum absolute atomic E-state index is 12.7. The van der Waals surface area contributed by atoms with Crippen molar-refractivity contribution in [3.05, 3.63) is 95.9 Å². The molecule has 0 atom stereocenters. The number of nitrogen functional groups attached to an aromatic ring is 1. The lowest BCUT2D eigenvalue weighted by Gasteiger charge is -2.11. The molecular formula is C23H18N2O3S2. The molecule has 4 aromatic rings. The van der Waals surface area contributed by atoms with Gasteiger partial charge in [0, 0.05) is 10.4 Å². The zero-order valence-corrected chi connectivity index (χ0v) is 17.4. The molecule has 0 unspecified atom stereocenters. The van der Waals surface area contributed by atoms with Crippen LogP contribution >= 0.6 is 11.3 Å². The highest BCUT2D eigenvalue weighted by molar-refractivity contribution is 7.91. The van der Waals surface area contributed by atoms with Crippen LogP contribution in [0.1, 0.15) is 10.4 Å². The Balaban J connectivity index is 1.56. The number of amides is 1. The van der Waals surface area contributed by atoms with Crippen LogP contribution in [0.3, 0.4) is 0 Å². The average molecular weight is 435 g/mol. The van der Waals surface area contributed by atoms with Gasteiger partial charge in [0.05, 0.1) is 21.2 Å². The molecule has 150 valence electrons. The molecule has 0 saturated carbocycles. The van der Waals surface area contributed by atoms with Gasteiger partial charge in [-0.15, -0.1) is 11.3 Å². The maximum atomic E-state index is 12.7. The Bertz CT molecular complexity index is 1280. The molecule has 1 aromatic heterocycles. The average Bonchev–Trinajstić information content (AvgIpc) is 3.31. The smallest absolute Gasteiger partial charge is 0.255 e. The van der Waals surface area contributed by atoms with E-state index in [0.717, 1.165) is 10.4 Å². The minimum absolute atomic E-state index is 0.129. The molecule has 0 aliphatic rings. The van der Waals surface area contributed by atoms with Gasteiger partial charge in [0.25, 0.3) is 5.91 Å². The molecule has 1 amide bonds. The van der Waals surface area contributed by atoms with Crippen LogP contribution in [0.4, 0.5) is 11.4 Å². The van der Waals surface area contributed by atoms with Gasteiger partial charge in [0.15, 0.2) is 0 Å². The highest BCUT2D eigenvalue weighted by Gasteiger charge is 2.18. The van der Waals surface area contributed by atoms with Crippen LogP contribution in [0.2, 0.25) is 0 Å². The number of rotatable bonds is 5. The number of hydrogen-bond acceptors (Lipinski definition) is 5. The molecule has 0 aliphatic heterocycles. The molecule has 1 heterocycles. The maximum Gasteiger partial charge on any atom is 0.255 e. The Morgan fingerprint density at radius 1 is 0.833 bits per heavy atom. The first-order valence-corrected chi connectivity index (χ1v) is 11.5. The third-order valence-electron chi connectivity index (χ3n) is 4.59. The Hall–Kier alpha value is -3.42. The molecule has 0 saturated heterocycles. The van der Waals surface area contributed by atoms with E-state index < -0.39 is 9.84 Å². The SMILES string of the molecule is Nc1ccc(-c2cccs2)cc1NC(=O)c1ccc(S(=O)(=O)c2ccccc2)cc1. The number of nitrogens with one attached hydrogen (secondary N) is 1. The number of carbonyl (C=O) groups is 1. The fraction of sp³-hybridized carbons (Fsp3) is 0. The van der Waals surface area contributed by atoms with E-state index in [4.69, 9.17) is 5.73 Å². The lowest BCUT2D eigenvalue weighted by Crippen LogP contribution is -2.13. The quantitative estimate of drug-likeness (QED) is 0.429. The van der Waals surface area contributed by atoms with Crippen molar-refractivity contribution in [2.24, 2.45) is 0 Å². The Kier molecular flexibility index (Phi) is 5.39. The Morgan fingerprint density at radius 2 is 1.53 bits per heavy atom. The molecule has 0 spiro atoms. The van der Waals surface area contributed by atoms with Crippen LogP contribution in [-0.4, -0.2) is 14.3 Å². The monoisotopic (exact) mass is 434 g/mol. The van der Waals surface area contributed by atoms with Gasteiger partial charge in [-0.05, 0) is 65.5 Å². The third kappa shape index (κ3) is 3.98. The highest BCUT2D eigenvalue weighted by atomic mass is 32.2. The summed E-state index contributed by atoms with van der Waals surface area (Å²) >= 11 is 1.60. The second-order valence-corrected chi connectivity index (χ2v) is 9.47. The van der Waals surface area contributed by atoms with E-state index >= 15 is 0 Å². The van der Waals surface area contributed by atoms with E-state index in [1.165, 1.54) is 24.3 Å². The van der Waals surface area contributed by atoms with Gasteiger partial charge in [-0.25, -0.2) is 8.42 Å². The molecule has 3 N–H and O–H groups in total. The predicted molar refractivity (Wildman–Crippen MR) is 120 cm³/mol. The van der Waals surface area contributed by atoms with Crippen molar-refractivity contribution in [2.45, 2.75) is 9.79 Å². The van der Waals surface area contributed by atoms with Crippen LogP contribution in [0.25, 0.3) is 10.4 Å². The number of carbonyl (C=O) groups excluding carboxylic acids is 1. The molecule has 0 bridgehead atoms.